The van der Waals surface area contributed by atoms with Crippen molar-refractivity contribution < 1.29 is 19.4 Å². The summed E-state index contributed by atoms with van der Waals surface area (Å²) in [5, 5.41) is 9.04. The molecule has 0 amide bonds. The van der Waals surface area contributed by atoms with Crippen LogP contribution in [0.5, 0.6) is 0 Å². The zero-order valence-electron chi connectivity index (χ0n) is 10.0. The summed E-state index contributed by atoms with van der Waals surface area (Å²) in [5.41, 5.74) is 0. The molecule has 1 N–H and O–H groups in total. The number of aliphatic hydroxyl groups is 1. The molecule has 1 saturated heterocycles. The van der Waals surface area contributed by atoms with E-state index >= 15 is 0 Å². The molecule has 1 aliphatic rings. The molecule has 5 heteroatoms. The predicted molar refractivity (Wildman–Crippen MR) is 59.1 cm³/mol. The first-order chi connectivity index (χ1) is 7.65. The lowest BCUT2D eigenvalue weighted by Gasteiger charge is -2.35. The van der Waals surface area contributed by atoms with E-state index in [1.54, 1.807) is 6.92 Å². The van der Waals surface area contributed by atoms with Gasteiger partial charge in [0.15, 0.2) is 0 Å². The third kappa shape index (κ3) is 4.47. The minimum atomic E-state index is -0.165. The standard InChI is InChI=1S/C11H21NO4/c1-3-15-11(14)4-5-12-6-9(2)16-10(7-12)8-13/h9-10,13H,3-8H2,1-2H3. The molecule has 2 unspecified atom stereocenters. The van der Waals surface area contributed by atoms with Crippen LogP contribution in [-0.4, -0.2) is 61.0 Å². The number of hydrogen-bond acceptors (Lipinski definition) is 5. The zero-order chi connectivity index (χ0) is 12.0. The SMILES string of the molecule is CCOC(=O)CCN1CC(C)OC(CO)C1. The quantitative estimate of drug-likeness (QED) is 0.676. The minimum Gasteiger partial charge on any atom is -0.466 e. The predicted octanol–water partition coefficient (Wildman–Crippen LogP) is 0.0212. The maximum Gasteiger partial charge on any atom is 0.307 e. The Balaban J connectivity index is 2.27. The third-order valence-corrected chi connectivity index (χ3v) is 2.54. The van der Waals surface area contributed by atoms with Crippen molar-refractivity contribution in [3.05, 3.63) is 0 Å². The number of morpholine rings is 1. The summed E-state index contributed by atoms with van der Waals surface area (Å²) in [6.45, 7) is 6.38. The second-order valence-electron chi connectivity index (χ2n) is 4.07. The number of esters is 1. The lowest BCUT2D eigenvalue weighted by Crippen LogP contribution is -2.48. The van der Waals surface area contributed by atoms with Gasteiger partial charge in [0.2, 0.25) is 0 Å². The number of carbonyl (C=O) groups excluding carboxylic acids is 1. The molecule has 0 aliphatic carbocycles. The first-order valence-corrected chi connectivity index (χ1v) is 5.80. The summed E-state index contributed by atoms with van der Waals surface area (Å²) in [6.07, 6.45) is 0.373. The Labute approximate surface area is 96.3 Å². The molecule has 1 rings (SSSR count). The third-order valence-electron chi connectivity index (χ3n) is 2.54. The first kappa shape index (κ1) is 13.4. The molecule has 0 saturated carbocycles. The fourth-order valence-corrected chi connectivity index (χ4v) is 1.91. The van der Waals surface area contributed by atoms with Crippen LogP contribution in [0.2, 0.25) is 0 Å². The number of carbonyl (C=O) groups is 1. The van der Waals surface area contributed by atoms with Crippen LogP contribution >= 0.6 is 0 Å². The molecular weight excluding hydrogens is 210 g/mol. The minimum absolute atomic E-state index is 0.0280. The van der Waals surface area contributed by atoms with Gasteiger partial charge in [-0.2, -0.15) is 0 Å². The number of ether oxygens (including phenoxy) is 2. The van der Waals surface area contributed by atoms with E-state index in [0.29, 0.717) is 26.1 Å². The van der Waals surface area contributed by atoms with Gasteiger partial charge in [-0.05, 0) is 13.8 Å². The molecule has 0 aromatic carbocycles. The maximum absolute atomic E-state index is 11.2. The highest BCUT2D eigenvalue weighted by Crippen LogP contribution is 2.11. The molecule has 0 radical (unpaired) electrons. The molecule has 16 heavy (non-hydrogen) atoms. The molecule has 5 nitrogen and oxygen atoms in total. The van der Waals surface area contributed by atoms with Gasteiger partial charge in [0.25, 0.3) is 0 Å². The Morgan fingerprint density at radius 1 is 1.56 bits per heavy atom. The van der Waals surface area contributed by atoms with Crippen LogP contribution in [0.15, 0.2) is 0 Å². The Bertz CT molecular complexity index is 222. The molecule has 1 aliphatic heterocycles. The van der Waals surface area contributed by atoms with Crippen LogP contribution in [0, 0.1) is 0 Å². The van der Waals surface area contributed by atoms with Gasteiger partial charge in [0.05, 0.1) is 31.8 Å². The van der Waals surface area contributed by atoms with E-state index in [0.717, 1.165) is 6.54 Å². The van der Waals surface area contributed by atoms with Gasteiger partial charge < -0.3 is 14.6 Å². The van der Waals surface area contributed by atoms with Crippen LogP contribution < -0.4 is 0 Å². The molecule has 0 bridgehead atoms. The topological polar surface area (TPSA) is 59.0 Å². The van der Waals surface area contributed by atoms with Crippen LogP contribution in [0.25, 0.3) is 0 Å². The Morgan fingerprint density at radius 2 is 2.31 bits per heavy atom. The lowest BCUT2D eigenvalue weighted by atomic mass is 10.2. The van der Waals surface area contributed by atoms with Crippen molar-refractivity contribution in [1.82, 2.24) is 4.90 Å². The first-order valence-electron chi connectivity index (χ1n) is 5.80. The molecule has 0 spiro atoms. The van der Waals surface area contributed by atoms with E-state index in [1.807, 2.05) is 6.92 Å². The number of hydrogen-bond donors (Lipinski definition) is 1. The zero-order valence-corrected chi connectivity index (χ0v) is 10.0. The van der Waals surface area contributed by atoms with Crippen LogP contribution in [0.4, 0.5) is 0 Å². The van der Waals surface area contributed by atoms with Crippen molar-refractivity contribution in [2.24, 2.45) is 0 Å². The van der Waals surface area contributed by atoms with E-state index in [4.69, 9.17) is 14.6 Å². The summed E-state index contributed by atoms with van der Waals surface area (Å²) in [4.78, 5) is 13.3. The summed E-state index contributed by atoms with van der Waals surface area (Å²) in [7, 11) is 0. The van der Waals surface area contributed by atoms with Crippen molar-refractivity contribution in [1.29, 1.82) is 0 Å². The average molecular weight is 231 g/mol. The molecule has 2 atom stereocenters. The maximum atomic E-state index is 11.2. The largest absolute Gasteiger partial charge is 0.466 e. The van der Waals surface area contributed by atoms with Crippen molar-refractivity contribution in [3.63, 3.8) is 0 Å². The average Bonchev–Trinajstić information content (AvgIpc) is 2.26. The highest BCUT2D eigenvalue weighted by atomic mass is 16.5. The van der Waals surface area contributed by atoms with Crippen LogP contribution in [-0.2, 0) is 14.3 Å². The molecular formula is C11H21NO4. The monoisotopic (exact) mass is 231 g/mol. The fraction of sp³-hybridized carbons (Fsp3) is 0.909. The molecule has 0 aromatic rings. The molecule has 94 valence electrons. The van der Waals surface area contributed by atoms with E-state index < -0.39 is 0 Å². The van der Waals surface area contributed by atoms with E-state index in [-0.39, 0.29) is 24.8 Å². The van der Waals surface area contributed by atoms with Gasteiger partial charge >= 0.3 is 5.97 Å². The van der Waals surface area contributed by atoms with E-state index in [2.05, 4.69) is 4.90 Å². The van der Waals surface area contributed by atoms with Crippen molar-refractivity contribution in [2.75, 3.05) is 32.8 Å². The fourth-order valence-electron chi connectivity index (χ4n) is 1.91. The van der Waals surface area contributed by atoms with Crippen LogP contribution in [0.1, 0.15) is 20.3 Å². The molecule has 0 aromatic heterocycles. The molecule has 1 fully saturated rings. The Hall–Kier alpha value is -0.650. The van der Waals surface area contributed by atoms with Gasteiger partial charge in [0.1, 0.15) is 0 Å². The lowest BCUT2D eigenvalue weighted by molar-refractivity contribution is -0.144. The van der Waals surface area contributed by atoms with E-state index in [9.17, 15) is 4.79 Å². The summed E-state index contributed by atoms with van der Waals surface area (Å²) >= 11 is 0. The molecule has 1 heterocycles. The highest BCUT2D eigenvalue weighted by Gasteiger charge is 2.24. The van der Waals surface area contributed by atoms with E-state index in [1.165, 1.54) is 0 Å². The smallest absolute Gasteiger partial charge is 0.307 e. The van der Waals surface area contributed by atoms with Crippen molar-refractivity contribution in [3.8, 4) is 0 Å². The highest BCUT2D eigenvalue weighted by molar-refractivity contribution is 5.69. The summed E-state index contributed by atoms with van der Waals surface area (Å²) in [6, 6.07) is 0. The second kappa shape index (κ2) is 6.83. The van der Waals surface area contributed by atoms with Gasteiger partial charge in [-0.1, -0.05) is 0 Å². The number of nitrogens with zero attached hydrogens (tertiary/aromatic N) is 1. The Morgan fingerprint density at radius 3 is 2.94 bits per heavy atom. The summed E-state index contributed by atoms with van der Waals surface area (Å²) in [5.74, 6) is -0.165. The number of aliphatic hydroxyl groups excluding tert-OH is 1. The van der Waals surface area contributed by atoms with Crippen molar-refractivity contribution >= 4 is 5.97 Å². The normalized spacial score (nSPS) is 26.7. The second-order valence-corrected chi connectivity index (χ2v) is 4.07. The van der Waals surface area contributed by atoms with Crippen LogP contribution in [0.3, 0.4) is 0 Å². The van der Waals surface area contributed by atoms with Gasteiger partial charge in [-0.3, -0.25) is 9.69 Å². The van der Waals surface area contributed by atoms with Gasteiger partial charge in [0, 0.05) is 19.6 Å². The van der Waals surface area contributed by atoms with Gasteiger partial charge in [-0.15, -0.1) is 0 Å². The number of rotatable bonds is 5. The summed E-state index contributed by atoms with van der Waals surface area (Å²) < 4.78 is 10.4. The van der Waals surface area contributed by atoms with Gasteiger partial charge in [-0.25, -0.2) is 0 Å². The Kier molecular flexibility index (Phi) is 5.73. The van der Waals surface area contributed by atoms with Crippen molar-refractivity contribution in [2.45, 2.75) is 32.5 Å².